The predicted molar refractivity (Wildman–Crippen MR) is 110 cm³/mol. The van der Waals surface area contributed by atoms with Crippen molar-refractivity contribution >= 4 is 17.3 Å². The van der Waals surface area contributed by atoms with Crippen molar-refractivity contribution in [2.24, 2.45) is 7.05 Å². The molecule has 0 bridgehead atoms. The molecule has 0 aliphatic rings. The van der Waals surface area contributed by atoms with Gasteiger partial charge in [-0.05, 0) is 37.6 Å². The third-order valence-electron chi connectivity index (χ3n) is 4.60. The topological polar surface area (TPSA) is 57.7 Å². The molecular weight excluding hydrogens is 334 g/mol. The Morgan fingerprint density at radius 2 is 1.70 bits per heavy atom. The van der Waals surface area contributed by atoms with Gasteiger partial charge in [0, 0.05) is 31.4 Å². The van der Waals surface area contributed by atoms with E-state index in [-0.39, 0.29) is 0 Å². The van der Waals surface area contributed by atoms with Crippen LogP contribution >= 0.6 is 0 Å². The molecule has 2 aromatic carbocycles. The zero-order valence-corrected chi connectivity index (χ0v) is 15.9. The van der Waals surface area contributed by atoms with Crippen LogP contribution in [0.4, 0.5) is 5.69 Å². The number of nitrogens with zero attached hydrogens (tertiary/aromatic N) is 5. The Balaban J connectivity index is 1.92. The number of hydrogen-bond donors (Lipinski definition) is 0. The minimum atomic E-state index is 0.489. The van der Waals surface area contributed by atoms with E-state index < -0.39 is 0 Å². The van der Waals surface area contributed by atoms with E-state index >= 15 is 0 Å². The summed E-state index contributed by atoms with van der Waals surface area (Å²) in [7, 11) is 1.88. The van der Waals surface area contributed by atoms with Crippen LogP contribution in [0.15, 0.2) is 54.6 Å². The fourth-order valence-electron chi connectivity index (χ4n) is 3.09. The van der Waals surface area contributed by atoms with Crippen LogP contribution in [0.5, 0.6) is 0 Å². The minimum absolute atomic E-state index is 0.489. The van der Waals surface area contributed by atoms with Crippen LogP contribution in [0.1, 0.15) is 25.2 Å². The lowest BCUT2D eigenvalue weighted by Gasteiger charge is -2.20. The van der Waals surface area contributed by atoms with E-state index in [1.807, 2.05) is 60.2 Å². The Labute approximate surface area is 160 Å². The molecular formula is C22H23N5. The van der Waals surface area contributed by atoms with Crippen molar-refractivity contribution in [3.8, 4) is 17.5 Å². The van der Waals surface area contributed by atoms with Gasteiger partial charge in [0.05, 0.1) is 5.57 Å². The number of aromatic nitrogens is 3. The van der Waals surface area contributed by atoms with E-state index in [2.05, 4.69) is 47.1 Å². The fraction of sp³-hybridized carbons (Fsp3) is 0.227. The monoisotopic (exact) mass is 357 g/mol. The average molecular weight is 357 g/mol. The number of rotatable bonds is 6. The van der Waals surface area contributed by atoms with E-state index in [4.69, 9.17) is 0 Å². The lowest BCUT2D eigenvalue weighted by Crippen LogP contribution is -2.21. The molecule has 1 heterocycles. The van der Waals surface area contributed by atoms with Gasteiger partial charge in [0.15, 0.2) is 11.6 Å². The molecule has 0 radical (unpaired) electrons. The van der Waals surface area contributed by atoms with Gasteiger partial charge >= 0.3 is 0 Å². The summed E-state index contributed by atoms with van der Waals surface area (Å²) < 4.78 is 1.86. The highest BCUT2D eigenvalue weighted by Gasteiger charge is 2.14. The molecule has 0 aliphatic carbocycles. The van der Waals surface area contributed by atoms with E-state index in [0.717, 1.165) is 30.0 Å². The number of hydrogen-bond acceptors (Lipinski definition) is 4. The average Bonchev–Trinajstić information content (AvgIpc) is 3.10. The molecule has 0 spiro atoms. The number of benzene rings is 2. The first-order chi connectivity index (χ1) is 13.2. The number of allylic oxidation sites excluding steroid dienone is 1. The standard InChI is InChI=1S/C22H23N5/c1-4-27(5-2)20-13-11-17(12-14-20)15-19(16-23)22-25-24-21(26(22)3)18-9-7-6-8-10-18/h6-15H,4-5H2,1-3H3. The molecule has 0 unspecified atom stereocenters. The van der Waals surface area contributed by atoms with Gasteiger partial charge in [-0.3, -0.25) is 0 Å². The summed E-state index contributed by atoms with van der Waals surface area (Å²) in [6.07, 6.45) is 1.85. The highest BCUT2D eigenvalue weighted by molar-refractivity contribution is 5.87. The SMILES string of the molecule is CCN(CC)c1ccc(C=C(C#N)c2nnc(-c3ccccc3)n2C)cc1. The molecule has 0 saturated heterocycles. The molecule has 5 nitrogen and oxygen atoms in total. The van der Waals surface area contributed by atoms with Crippen molar-refractivity contribution < 1.29 is 0 Å². The molecule has 0 fully saturated rings. The van der Waals surface area contributed by atoms with Gasteiger partial charge in [-0.1, -0.05) is 42.5 Å². The van der Waals surface area contributed by atoms with Crippen LogP contribution in [0.2, 0.25) is 0 Å². The van der Waals surface area contributed by atoms with Gasteiger partial charge in [-0.25, -0.2) is 0 Å². The van der Waals surface area contributed by atoms with Crippen LogP contribution in [0.3, 0.4) is 0 Å². The van der Waals surface area contributed by atoms with Crippen LogP contribution in [0, 0.1) is 11.3 Å². The predicted octanol–water partition coefficient (Wildman–Crippen LogP) is 4.39. The van der Waals surface area contributed by atoms with E-state index in [0.29, 0.717) is 11.4 Å². The van der Waals surface area contributed by atoms with Crippen LogP contribution in [0.25, 0.3) is 23.0 Å². The van der Waals surface area contributed by atoms with Gasteiger partial charge in [0.25, 0.3) is 0 Å². The summed E-state index contributed by atoms with van der Waals surface area (Å²) in [6.45, 7) is 6.22. The van der Waals surface area contributed by atoms with Gasteiger partial charge in [0.1, 0.15) is 6.07 Å². The van der Waals surface area contributed by atoms with Gasteiger partial charge < -0.3 is 9.47 Å². The second-order valence-electron chi connectivity index (χ2n) is 6.21. The largest absolute Gasteiger partial charge is 0.372 e. The summed E-state index contributed by atoms with van der Waals surface area (Å²) in [5.74, 6) is 1.30. The van der Waals surface area contributed by atoms with Crippen molar-refractivity contribution in [2.75, 3.05) is 18.0 Å². The number of anilines is 1. The quantitative estimate of drug-likeness (QED) is 0.614. The summed E-state index contributed by atoms with van der Waals surface area (Å²) in [4.78, 5) is 2.29. The summed E-state index contributed by atoms with van der Waals surface area (Å²) in [5.41, 5.74) is 3.61. The zero-order valence-electron chi connectivity index (χ0n) is 15.9. The zero-order chi connectivity index (χ0) is 19.2. The van der Waals surface area contributed by atoms with E-state index in [9.17, 15) is 5.26 Å². The summed E-state index contributed by atoms with van der Waals surface area (Å²) in [6, 6.07) is 20.3. The molecule has 3 aromatic rings. The number of nitriles is 1. The Kier molecular flexibility index (Phi) is 5.68. The van der Waals surface area contributed by atoms with E-state index in [1.54, 1.807) is 0 Å². The Morgan fingerprint density at radius 3 is 2.30 bits per heavy atom. The Morgan fingerprint density at radius 1 is 1.04 bits per heavy atom. The summed E-state index contributed by atoms with van der Waals surface area (Å²) in [5, 5.41) is 18.2. The van der Waals surface area contributed by atoms with Crippen molar-refractivity contribution in [3.63, 3.8) is 0 Å². The molecule has 0 amide bonds. The molecule has 0 saturated carbocycles. The third-order valence-corrected chi connectivity index (χ3v) is 4.60. The molecule has 5 heteroatoms. The normalized spacial score (nSPS) is 11.3. The van der Waals surface area contributed by atoms with Crippen molar-refractivity contribution in [3.05, 3.63) is 66.0 Å². The molecule has 0 N–H and O–H groups in total. The fourth-order valence-corrected chi connectivity index (χ4v) is 3.09. The molecule has 0 aliphatic heterocycles. The first kappa shape index (κ1) is 18.4. The van der Waals surface area contributed by atoms with Crippen LogP contribution < -0.4 is 4.90 Å². The maximum Gasteiger partial charge on any atom is 0.174 e. The van der Waals surface area contributed by atoms with E-state index in [1.165, 1.54) is 5.69 Å². The molecule has 3 rings (SSSR count). The van der Waals surface area contributed by atoms with Crippen molar-refractivity contribution in [2.45, 2.75) is 13.8 Å². The van der Waals surface area contributed by atoms with Crippen molar-refractivity contribution in [1.29, 1.82) is 5.26 Å². The van der Waals surface area contributed by atoms with Crippen LogP contribution in [-0.4, -0.2) is 27.9 Å². The highest BCUT2D eigenvalue weighted by Crippen LogP contribution is 2.23. The molecule has 27 heavy (non-hydrogen) atoms. The van der Waals surface area contributed by atoms with Gasteiger partial charge in [-0.15, -0.1) is 10.2 Å². The minimum Gasteiger partial charge on any atom is -0.372 e. The summed E-state index contributed by atoms with van der Waals surface area (Å²) >= 11 is 0. The Bertz CT molecular complexity index is 958. The highest BCUT2D eigenvalue weighted by atomic mass is 15.3. The molecule has 136 valence electrons. The maximum absolute atomic E-state index is 9.66. The van der Waals surface area contributed by atoms with Crippen LogP contribution in [-0.2, 0) is 7.05 Å². The molecule has 0 atom stereocenters. The first-order valence-electron chi connectivity index (χ1n) is 9.09. The van der Waals surface area contributed by atoms with Gasteiger partial charge in [0.2, 0.25) is 0 Å². The second kappa shape index (κ2) is 8.33. The maximum atomic E-state index is 9.66. The smallest absolute Gasteiger partial charge is 0.174 e. The first-order valence-corrected chi connectivity index (χ1v) is 9.09. The lowest BCUT2D eigenvalue weighted by molar-refractivity contribution is 0.866. The third kappa shape index (κ3) is 3.90. The van der Waals surface area contributed by atoms with Gasteiger partial charge in [-0.2, -0.15) is 5.26 Å². The van der Waals surface area contributed by atoms with Crippen molar-refractivity contribution in [1.82, 2.24) is 14.8 Å². The lowest BCUT2D eigenvalue weighted by atomic mass is 10.1. The Hall–Kier alpha value is -3.39. The second-order valence-corrected chi connectivity index (χ2v) is 6.21. The molecule has 1 aromatic heterocycles.